The van der Waals surface area contributed by atoms with E-state index in [0.29, 0.717) is 27.7 Å². The Kier molecular flexibility index (Phi) is 5.02. The van der Waals surface area contributed by atoms with Crippen molar-refractivity contribution in [3.8, 4) is 0 Å². The normalized spacial score (nSPS) is 10.8. The summed E-state index contributed by atoms with van der Waals surface area (Å²) in [7, 11) is 1.90. The predicted molar refractivity (Wildman–Crippen MR) is 115 cm³/mol. The summed E-state index contributed by atoms with van der Waals surface area (Å²) in [6.07, 6.45) is 3.22. The lowest BCUT2D eigenvalue weighted by Crippen LogP contribution is -2.11. The van der Waals surface area contributed by atoms with Gasteiger partial charge in [0.25, 0.3) is 5.91 Å². The number of pyridine rings is 1. The van der Waals surface area contributed by atoms with Gasteiger partial charge in [-0.1, -0.05) is 27.5 Å². The average Bonchev–Trinajstić information content (AvgIpc) is 3.00. The molecule has 0 saturated carbocycles. The van der Waals surface area contributed by atoms with Crippen LogP contribution in [-0.4, -0.2) is 20.4 Å². The third-order valence-electron chi connectivity index (χ3n) is 4.26. The SMILES string of the molecule is Cn1c(Nc2ccncc2Cl)nc2cc(C(=O)Nc3ccc(Br)cc3)ccc21. The van der Waals surface area contributed by atoms with Crippen LogP contribution in [0.25, 0.3) is 11.0 Å². The van der Waals surface area contributed by atoms with E-state index < -0.39 is 0 Å². The Labute approximate surface area is 174 Å². The first-order valence-corrected chi connectivity index (χ1v) is 9.58. The summed E-state index contributed by atoms with van der Waals surface area (Å²) in [5.41, 5.74) is 3.57. The summed E-state index contributed by atoms with van der Waals surface area (Å²) in [5, 5.41) is 6.59. The number of benzene rings is 2. The number of carbonyl (C=O) groups excluding carboxylic acids is 1. The molecular weight excluding hydrogens is 442 g/mol. The third kappa shape index (κ3) is 3.72. The van der Waals surface area contributed by atoms with E-state index in [-0.39, 0.29) is 5.91 Å². The van der Waals surface area contributed by atoms with E-state index in [1.165, 1.54) is 0 Å². The molecule has 0 fully saturated rings. The number of imidazole rings is 1. The Bertz CT molecular complexity index is 1170. The molecule has 0 aliphatic rings. The minimum absolute atomic E-state index is 0.193. The number of fused-ring (bicyclic) bond motifs is 1. The largest absolute Gasteiger partial charge is 0.324 e. The Morgan fingerprint density at radius 1 is 1.14 bits per heavy atom. The molecule has 2 N–H and O–H groups in total. The Hall–Kier alpha value is -2.90. The molecular formula is C20H15BrClN5O. The number of carbonyl (C=O) groups is 1. The lowest BCUT2D eigenvalue weighted by atomic mass is 10.2. The lowest BCUT2D eigenvalue weighted by Gasteiger charge is -2.07. The number of rotatable bonds is 4. The van der Waals surface area contributed by atoms with E-state index in [1.807, 2.05) is 41.9 Å². The van der Waals surface area contributed by atoms with E-state index in [4.69, 9.17) is 11.6 Å². The Balaban J connectivity index is 1.61. The van der Waals surface area contributed by atoms with Crippen molar-refractivity contribution in [2.24, 2.45) is 7.05 Å². The van der Waals surface area contributed by atoms with Crippen LogP contribution < -0.4 is 10.6 Å². The summed E-state index contributed by atoms with van der Waals surface area (Å²) in [6.45, 7) is 0. The van der Waals surface area contributed by atoms with Gasteiger partial charge in [0.05, 0.1) is 21.7 Å². The summed E-state index contributed by atoms with van der Waals surface area (Å²) in [4.78, 5) is 21.1. The highest BCUT2D eigenvalue weighted by atomic mass is 79.9. The van der Waals surface area contributed by atoms with Gasteiger partial charge in [0.15, 0.2) is 0 Å². The molecule has 0 bridgehead atoms. The van der Waals surface area contributed by atoms with E-state index in [9.17, 15) is 4.79 Å². The second-order valence-electron chi connectivity index (χ2n) is 6.14. The van der Waals surface area contributed by atoms with Gasteiger partial charge < -0.3 is 15.2 Å². The van der Waals surface area contributed by atoms with Crippen LogP contribution in [0.2, 0.25) is 5.02 Å². The Morgan fingerprint density at radius 2 is 1.93 bits per heavy atom. The highest BCUT2D eigenvalue weighted by Crippen LogP contribution is 2.26. The second kappa shape index (κ2) is 7.61. The highest BCUT2D eigenvalue weighted by molar-refractivity contribution is 9.10. The van der Waals surface area contributed by atoms with Crippen LogP contribution in [-0.2, 0) is 7.05 Å². The van der Waals surface area contributed by atoms with Gasteiger partial charge in [-0.3, -0.25) is 9.78 Å². The first kappa shape index (κ1) is 18.5. The van der Waals surface area contributed by atoms with Gasteiger partial charge in [-0.05, 0) is 48.5 Å². The number of hydrogen-bond donors (Lipinski definition) is 2. The second-order valence-corrected chi connectivity index (χ2v) is 7.46. The van der Waals surface area contributed by atoms with Crippen molar-refractivity contribution >= 4 is 61.8 Å². The molecule has 1 amide bonds. The maximum Gasteiger partial charge on any atom is 0.255 e. The number of aromatic nitrogens is 3. The molecule has 2 heterocycles. The molecule has 0 unspecified atom stereocenters. The highest BCUT2D eigenvalue weighted by Gasteiger charge is 2.13. The fraction of sp³-hybridized carbons (Fsp3) is 0.0500. The van der Waals surface area contributed by atoms with Gasteiger partial charge in [-0.25, -0.2) is 4.98 Å². The van der Waals surface area contributed by atoms with E-state index in [1.54, 1.807) is 30.6 Å². The molecule has 2 aromatic carbocycles. The molecule has 0 aliphatic heterocycles. The fourth-order valence-electron chi connectivity index (χ4n) is 2.79. The number of nitrogens with one attached hydrogen (secondary N) is 2. The number of anilines is 3. The zero-order valence-corrected chi connectivity index (χ0v) is 17.1. The molecule has 4 aromatic rings. The van der Waals surface area contributed by atoms with Gasteiger partial charge in [0, 0.05) is 35.2 Å². The molecule has 0 radical (unpaired) electrons. The molecule has 0 atom stereocenters. The molecule has 6 nitrogen and oxygen atoms in total. The van der Waals surface area contributed by atoms with Crippen molar-refractivity contribution in [1.29, 1.82) is 0 Å². The first-order chi connectivity index (χ1) is 13.5. The van der Waals surface area contributed by atoms with Crippen molar-refractivity contribution in [2.45, 2.75) is 0 Å². The van der Waals surface area contributed by atoms with E-state index >= 15 is 0 Å². The molecule has 140 valence electrons. The minimum Gasteiger partial charge on any atom is -0.324 e. The zero-order chi connectivity index (χ0) is 19.7. The standard InChI is InChI=1S/C20H15BrClN5O/c1-27-18-7-2-12(19(28)24-14-5-3-13(21)4-6-14)10-17(18)26-20(27)25-16-8-9-23-11-15(16)22/h2-11H,1H3,(H,24,28)(H,23,25,26). The first-order valence-electron chi connectivity index (χ1n) is 8.41. The van der Waals surface area contributed by atoms with Crippen LogP contribution >= 0.6 is 27.5 Å². The van der Waals surface area contributed by atoms with Gasteiger partial charge in [-0.15, -0.1) is 0 Å². The molecule has 28 heavy (non-hydrogen) atoms. The number of halogens is 2. The smallest absolute Gasteiger partial charge is 0.255 e. The topological polar surface area (TPSA) is 71.8 Å². The van der Waals surface area contributed by atoms with Crippen LogP contribution in [0.5, 0.6) is 0 Å². The summed E-state index contributed by atoms with van der Waals surface area (Å²) in [6, 6.07) is 14.6. The summed E-state index contributed by atoms with van der Waals surface area (Å²) >= 11 is 9.54. The van der Waals surface area contributed by atoms with Crippen molar-refractivity contribution in [2.75, 3.05) is 10.6 Å². The van der Waals surface area contributed by atoms with Crippen LogP contribution in [0.3, 0.4) is 0 Å². The average molecular weight is 457 g/mol. The van der Waals surface area contributed by atoms with Gasteiger partial charge >= 0.3 is 0 Å². The molecule has 2 aromatic heterocycles. The number of amides is 1. The minimum atomic E-state index is -0.193. The maximum absolute atomic E-state index is 12.6. The Morgan fingerprint density at radius 3 is 2.68 bits per heavy atom. The van der Waals surface area contributed by atoms with Crippen molar-refractivity contribution in [3.63, 3.8) is 0 Å². The van der Waals surface area contributed by atoms with Crippen LogP contribution in [0.1, 0.15) is 10.4 Å². The molecule has 8 heteroatoms. The molecule has 0 saturated heterocycles. The van der Waals surface area contributed by atoms with Gasteiger partial charge in [-0.2, -0.15) is 0 Å². The maximum atomic E-state index is 12.6. The van der Waals surface area contributed by atoms with Crippen molar-refractivity contribution in [3.05, 3.63) is 76.0 Å². The number of nitrogens with zero attached hydrogens (tertiary/aromatic N) is 3. The predicted octanol–water partition coefficient (Wildman–Crippen LogP) is 5.38. The molecule has 4 rings (SSSR count). The van der Waals surface area contributed by atoms with Gasteiger partial charge in [0.2, 0.25) is 5.95 Å². The summed E-state index contributed by atoms with van der Waals surface area (Å²) in [5.74, 6) is 0.426. The van der Waals surface area contributed by atoms with Gasteiger partial charge in [0.1, 0.15) is 0 Å². The quantitative estimate of drug-likeness (QED) is 0.432. The van der Waals surface area contributed by atoms with E-state index in [0.717, 1.165) is 15.7 Å². The monoisotopic (exact) mass is 455 g/mol. The molecule has 0 aliphatic carbocycles. The zero-order valence-electron chi connectivity index (χ0n) is 14.8. The molecule has 0 spiro atoms. The van der Waals surface area contributed by atoms with Crippen molar-refractivity contribution < 1.29 is 4.79 Å². The van der Waals surface area contributed by atoms with E-state index in [2.05, 4.69) is 36.5 Å². The fourth-order valence-corrected chi connectivity index (χ4v) is 3.22. The summed E-state index contributed by atoms with van der Waals surface area (Å²) < 4.78 is 2.86. The van der Waals surface area contributed by atoms with Crippen LogP contribution in [0.4, 0.5) is 17.3 Å². The number of aryl methyl sites for hydroxylation is 1. The van der Waals surface area contributed by atoms with Crippen LogP contribution in [0.15, 0.2) is 65.4 Å². The third-order valence-corrected chi connectivity index (χ3v) is 5.09. The lowest BCUT2D eigenvalue weighted by molar-refractivity contribution is 0.102. The number of hydrogen-bond acceptors (Lipinski definition) is 4. The van der Waals surface area contributed by atoms with Crippen molar-refractivity contribution in [1.82, 2.24) is 14.5 Å². The van der Waals surface area contributed by atoms with Crippen LogP contribution in [0, 0.1) is 0 Å².